The molecule has 2 aromatic rings. The van der Waals surface area contributed by atoms with Crippen LogP contribution in [0, 0.1) is 0 Å². The molecule has 0 amide bonds. The minimum absolute atomic E-state index is 0.412. The zero-order valence-electron chi connectivity index (χ0n) is 16.5. The molecular weight excluding hydrogens is 396 g/mol. The third-order valence-electron chi connectivity index (χ3n) is 5.40. The maximum absolute atomic E-state index is 10.5. The highest BCUT2D eigenvalue weighted by Gasteiger charge is 2.47. The van der Waals surface area contributed by atoms with Gasteiger partial charge in [0.25, 0.3) is 0 Å². The summed E-state index contributed by atoms with van der Waals surface area (Å²) in [6, 6.07) is 11.7. The van der Waals surface area contributed by atoms with Gasteiger partial charge in [0.15, 0.2) is 0 Å². The normalized spacial score (nSPS) is 25.2. The highest BCUT2D eigenvalue weighted by Crippen LogP contribution is 2.41. The highest BCUT2D eigenvalue weighted by atomic mass is 35.5. The lowest BCUT2D eigenvalue weighted by Gasteiger charge is -2.21. The molecule has 2 aromatic carbocycles. The van der Waals surface area contributed by atoms with Gasteiger partial charge in [-0.1, -0.05) is 42.8 Å². The Bertz CT molecular complexity index is 825. The van der Waals surface area contributed by atoms with Crippen LogP contribution in [0.5, 0.6) is 5.75 Å². The fraction of sp³-hybridized carbons (Fsp3) is 0.455. The summed E-state index contributed by atoms with van der Waals surface area (Å²) in [7, 11) is 1.48. The Labute approximate surface area is 175 Å². The van der Waals surface area contributed by atoms with Crippen LogP contribution >= 0.6 is 11.6 Å². The van der Waals surface area contributed by atoms with E-state index in [4.69, 9.17) is 21.1 Å². The number of aryl methyl sites for hydroxylation is 1. The van der Waals surface area contributed by atoms with E-state index in [1.165, 1.54) is 12.7 Å². The maximum Gasteiger partial charge on any atom is 0.126 e. The van der Waals surface area contributed by atoms with Gasteiger partial charge in [0.05, 0.1) is 13.7 Å². The van der Waals surface area contributed by atoms with Crippen LogP contribution in [0.3, 0.4) is 0 Å². The summed E-state index contributed by atoms with van der Waals surface area (Å²) in [4.78, 5) is 0. The Morgan fingerprint density at radius 1 is 1.10 bits per heavy atom. The molecule has 1 aliphatic rings. The number of ether oxygens (including phenoxy) is 2. The first-order chi connectivity index (χ1) is 13.9. The molecule has 4 N–H and O–H groups in total. The predicted octanol–water partition coefficient (Wildman–Crippen LogP) is 2.02. The van der Waals surface area contributed by atoms with Gasteiger partial charge < -0.3 is 29.9 Å². The van der Waals surface area contributed by atoms with Crippen LogP contribution in [0.4, 0.5) is 0 Å². The average Bonchev–Trinajstić information content (AvgIpc) is 3.03. The largest absolute Gasteiger partial charge is 0.496 e. The first kappa shape index (κ1) is 22.0. The Morgan fingerprint density at radius 3 is 2.34 bits per heavy atom. The lowest BCUT2D eigenvalue weighted by Crippen LogP contribution is -2.40. The molecule has 0 saturated carbocycles. The molecule has 6 nitrogen and oxygen atoms in total. The molecule has 29 heavy (non-hydrogen) atoms. The number of aliphatic hydroxyl groups excluding tert-OH is 4. The van der Waals surface area contributed by atoms with Crippen LogP contribution < -0.4 is 4.74 Å². The molecule has 7 heteroatoms. The first-order valence-corrected chi connectivity index (χ1v) is 10.0. The van der Waals surface area contributed by atoms with E-state index in [1.807, 2.05) is 0 Å². The average molecular weight is 423 g/mol. The van der Waals surface area contributed by atoms with Crippen molar-refractivity contribution in [2.75, 3.05) is 13.7 Å². The number of methoxy groups -OCH3 is 1. The topological polar surface area (TPSA) is 99.4 Å². The van der Waals surface area contributed by atoms with E-state index in [9.17, 15) is 20.4 Å². The second kappa shape index (κ2) is 9.43. The van der Waals surface area contributed by atoms with Gasteiger partial charge in [0.2, 0.25) is 0 Å². The lowest BCUT2D eigenvalue weighted by atomic mass is 9.95. The fourth-order valence-corrected chi connectivity index (χ4v) is 3.87. The van der Waals surface area contributed by atoms with Crippen molar-refractivity contribution in [3.05, 3.63) is 63.7 Å². The zero-order chi connectivity index (χ0) is 21.1. The second-order valence-electron chi connectivity index (χ2n) is 7.28. The first-order valence-electron chi connectivity index (χ1n) is 9.64. The van der Waals surface area contributed by atoms with Crippen LogP contribution in [0.15, 0.2) is 36.4 Å². The minimum Gasteiger partial charge on any atom is -0.496 e. The van der Waals surface area contributed by atoms with Crippen molar-refractivity contribution < 1.29 is 29.9 Å². The van der Waals surface area contributed by atoms with Crippen LogP contribution in [0.2, 0.25) is 5.02 Å². The Balaban J connectivity index is 1.93. The molecule has 3 rings (SSSR count). The van der Waals surface area contributed by atoms with E-state index in [0.29, 0.717) is 22.8 Å². The number of halogens is 1. The molecule has 1 heterocycles. The molecule has 0 radical (unpaired) electrons. The maximum atomic E-state index is 10.5. The van der Waals surface area contributed by atoms with Gasteiger partial charge in [-0.25, -0.2) is 0 Å². The summed E-state index contributed by atoms with van der Waals surface area (Å²) in [5.41, 5.74) is 3.68. The molecule has 0 bridgehead atoms. The molecule has 0 aromatic heterocycles. The van der Waals surface area contributed by atoms with Crippen LogP contribution in [-0.4, -0.2) is 58.6 Å². The van der Waals surface area contributed by atoms with E-state index in [-0.39, 0.29) is 0 Å². The van der Waals surface area contributed by atoms with Crippen molar-refractivity contribution in [1.29, 1.82) is 0 Å². The smallest absolute Gasteiger partial charge is 0.126 e. The monoisotopic (exact) mass is 422 g/mol. The summed E-state index contributed by atoms with van der Waals surface area (Å²) in [5.74, 6) is 0.412. The summed E-state index contributed by atoms with van der Waals surface area (Å²) >= 11 is 6.46. The zero-order valence-corrected chi connectivity index (χ0v) is 17.2. The van der Waals surface area contributed by atoms with Crippen LogP contribution in [0.1, 0.15) is 35.3 Å². The van der Waals surface area contributed by atoms with E-state index < -0.39 is 37.1 Å². The third kappa shape index (κ3) is 4.58. The van der Waals surface area contributed by atoms with Gasteiger partial charge in [0.1, 0.15) is 36.3 Å². The highest BCUT2D eigenvalue weighted by molar-refractivity contribution is 6.31. The van der Waals surface area contributed by atoms with Crippen LogP contribution in [0.25, 0.3) is 0 Å². The second-order valence-corrected chi connectivity index (χ2v) is 7.69. The van der Waals surface area contributed by atoms with Crippen molar-refractivity contribution in [2.45, 2.75) is 50.3 Å². The number of hydrogen-bond acceptors (Lipinski definition) is 6. The van der Waals surface area contributed by atoms with E-state index in [2.05, 4.69) is 31.2 Å². The number of benzene rings is 2. The standard InChI is InChI=1S/C22H27ClO6/c1-3-12-4-6-13(7-5-12)8-14-9-15(18(28-2)10-16(14)23)21-19(26)20(27)22(29-21)17(25)11-24/h4-7,9-10,17,19-22,24-27H,3,8,11H2,1-2H3/t17-,19+,20+,21-,22+/m0/s1. The molecule has 0 aliphatic carbocycles. The van der Waals surface area contributed by atoms with Crippen molar-refractivity contribution >= 4 is 11.6 Å². The molecule has 158 valence electrons. The van der Waals surface area contributed by atoms with Gasteiger partial charge in [-0.2, -0.15) is 0 Å². The van der Waals surface area contributed by atoms with E-state index in [1.54, 1.807) is 12.1 Å². The molecule has 0 spiro atoms. The van der Waals surface area contributed by atoms with Crippen molar-refractivity contribution in [3.63, 3.8) is 0 Å². The Kier molecular flexibility index (Phi) is 7.16. The van der Waals surface area contributed by atoms with E-state index >= 15 is 0 Å². The molecule has 0 unspecified atom stereocenters. The molecule has 1 aliphatic heterocycles. The van der Waals surface area contributed by atoms with Gasteiger partial charge in [0, 0.05) is 10.6 Å². The molecule has 5 atom stereocenters. The summed E-state index contributed by atoms with van der Waals surface area (Å²) in [6.45, 7) is 1.52. The summed E-state index contributed by atoms with van der Waals surface area (Å²) in [5, 5.41) is 40.3. The third-order valence-corrected chi connectivity index (χ3v) is 5.75. The van der Waals surface area contributed by atoms with Gasteiger partial charge in [-0.3, -0.25) is 0 Å². The summed E-state index contributed by atoms with van der Waals surface area (Å²) in [6.07, 6.45) is -4.42. The quantitative estimate of drug-likeness (QED) is 0.545. The van der Waals surface area contributed by atoms with Crippen molar-refractivity contribution in [2.24, 2.45) is 0 Å². The van der Waals surface area contributed by atoms with Crippen molar-refractivity contribution in [3.8, 4) is 5.75 Å². The van der Waals surface area contributed by atoms with E-state index in [0.717, 1.165) is 17.5 Å². The molecule has 1 saturated heterocycles. The fourth-order valence-electron chi connectivity index (χ4n) is 3.65. The van der Waals surface area contributed by atoms with Gasteiger partial charge >= 0.3 is 0 Å². The summed E-state index contributed by atoms with van der Waals surface area (Å²) < 4.78 is 11.1. The lowest BCUT2D eigenvalue weighted by molar-refractivity contribution is -0.0823. The van der Waals surface area contributed by atoms with Gasteiger partial charge in [-0.05, 0) is 41.7 Å². The van der Waals surface area contributed by atoms with Gasteiger partial charge in [-0.15, -0.1) is 0 Å². The van der Waals surface area contributed by atoms with Crippen LogP contribution in [-0.2, 0) is 17.6 Å². The minimum atomic E-state index is -1.34. The molecule has 1 fully saturated rings. The molecular formula is C22H27ClO6. The van der Waals surface area contributed by atoms with Crippen molar-refractivity contribution in [1.82, 2.24) is 0 Å². The Morgan fingerprint density at radius 2 is 1.76 bits per heavy atom. The number of rotatable bonds is 7. The Hall–Kier alpha value is -1.67. The number of hydrogen-bond donors (Lipinski definition) is 4. The number of aliphatic hydroxyl groups is 4. The SMILES string of the molecule is CCc1ccc(Cc2cc([C@@H]3O[C@H]([C@@H](O)CO)[C@H](O)[C@H]3O)c(OC)cc2Cl)cc1. The predicted molar refractivity (Wildman–Crippen MR) is 109 cm³/mol.